The molecular weight excluding hydrogens is 356 g/mol. The highest BCUT2D eigenvalue weighted by atomic mass is 35.5. The number of fused-ring (bicyclic) bond motifs is 1. The first-order valence-corrected chi connectivity index (χ1v) is 8.54. The van der Waals surface area contributed by atoms with E-state index in [0.717, 1.165) is 0 Å². The van der Waals surface area contributed by atoms with Crippen molar-refractivity contribution in [1.29, 1.82) is 0 Å². The molecule has 0 aliphatic carbocycles. The summed E-state index contributed by atoms with van der Waals surface area (Å²) in [5.41, 5.74) is 0.690. The van der Waals surface area contributed by atoms with Crippen LogP contribution in [0.5, 0.6) is 5.75 Å². The summed E-state index contributed by atoms with van der Waals surface area (Å²) in [6.45, 7) is 3.45. The Kier molecular flexibility index (Phi) is 5.28. The first kappa shape index (κ1) is 18.0. The van der Waals surface area contributed by atoms with Gasteiger partial charge in [-0.25, -0.2) is 4.79 Å². The molecule has 0 radical (unpaired) electrons. The van der Waals surface area contributed by atoms with Crippen molar-refractivity contribution in [3.8, 4) is 17.1 Å². The molecule has 3 aromatic rings. The lowest BCUT2D eigenvalue weighted by Crippen LogP contribution is -2.28. The molecule has 134 valence electrons. The third kappa shape index (κ3) is 3.58. The Morgan fingerprint density at radius 3 is 2.54 bits per heavy atom. The molecule has 26 heavy (non-hydrogen) atoms. The van der Waals surface area contributed by atoms with Gasteiger partial charge in [0.2, 0.25) is 11.2 Å². The maximum absolute atomic E-state index is 12.9. The van der Waals surface area contributed by atoms with Crippen LogP contribution in [0.25, 0.3) is 22.3 Å². The summed E-state index contributed by atoms with van der Waals surface area (Å²) < 4.78 is 16.5. The molecule has 3 rings (SSSR count). The Morgan fingerprint density at radius 1 is 1.15 bits per heavy atom. The van der Waals surface area contributed by atoms with E-state index >= 15 is 0 Å². The number of carbonyl (C=O) groups is 1. The SMILES string of the molecule is CCOC(=O)C(C)Oc1c(-c2ccc(Cl)cc2)oc2ccccc2c1=O. The zero-order valence-electron chi connectivity index (χ0n) is 14.3. The van der Waals surface area contributed by atoms with E-state index in [-0.39, 0.29) is 23.5 Å². The van der Waals surface area contributed by atoms with Crippen molar-refractivity contribution in [2.45, 2.75) is 20.0 Å². The second-order valence-corrected chi connectivity index (χ2v) is 6.04. The molecule has 1 heterocycles. The van der Waals surface area contributed by atoms with E-state index in [1.165, 1.54) is 6.92 Å². The second kappa shape index (κ2) is 7.62. The fourth-order valence-electron chi connectivity index (χ4n) is 2.51. The summed E-state index contributed by atoms with van der Waals surface area (Å²) in [7, 11) is 0. The molecule has 2 aromatic carbocycles. The van der Waals surface area contributed by atoms with Crippen LogP contribution in [0.15, 0.2) is 57.7 Å². The first-order valence-electron chi connectivity index (χ1n) is 8.16. The number of esters is 1. The maximum atomic E-state index is 12.9. The van der Waals surface area contributed by atoms with Gasteiger partial charge < -0.3 is 13.9 Å². The number of halogens is 1. The Morgan fingerprint density at radius 2 is 1.85 bits per heavy atom. The van der Waals surface area contributed by atoms with E-state index in [4.69, 9.17) is 25.5 Å². The molecule has 0 fully saturated rings. The largest absolute Gasteiger partial charge is 0.471 e. The molecule has 0 amide bonds. The number of hydrogen-bond acceptors (Lipinski definition) is 5. The van der Waals surface area contributed by atoms with Gasteiger partial charge in [-0.15, -0.1) is 0 Å². The van der Waals surface area contributed by atoms with E-state index in [1.807, 2.05) is 0 Å². The highest BCUT2D eigenvalue weighted by Crippen LogP contribution is 2.32. The van der Waals surface area contributed by atoms with Crippen LogP contribution in [0.1, 0.15) is 13.8 Å². The van der Waals surface area contributed by atoms with Gasteiger partial charge in [-0.05, 0) is 50.2 Å². The lowest BCUT2D eigenvalue weighted by Gasteiger charge is -2.16. The van der Waals surface area contributed by atoms with Gasteiger partial charge in [0, 0.05) is 10.6 Å². The van der Waals surface area contributed by atoms with Gasteiger partial charge in [0.15, 0.2) is 11.9 Å². The topological polar surface area (TPSA) is 65.7 Å². The van der Waals surface area contributed by atoms with Gasteiger partial charge in [-0.3, -0.25) is 4.79 Å². The second-order valence-electron chi connectivity index (χ2n) is 5.60. The van der Waals surface area contributed by atoms with Crippen molar-refractivity contribution < 1.29 is 18.7 Å². The molecule has 5 nitrogen and oxygen atoms in total. The van der Waals surface area contributed by atoms with Crippen molar-refractivity contribution in [3.63, 3.8) is 0 Å². The number of ether oxygens (including phenoxy) is 2. The predicted molar refractivity (Wildman–Crippen MR) is 99.7 cm³/mol. The monoisotopic (exact) mass is 372 g/mol. The quantitative estimate of drug-likeness (QED) is 0.619. The molecule has 0 saturated heterocycles. The summed E-state index contributed by atoms with van der Waals surface area (Å²) in [6.07, 6.45) is -0.954. The molecule has 0 spiro atoms. The van der Waals surface area contributed by atoms with Gasteiger partial charge in [0.1, 0.15) is 5.58 Å². The van der Waals surface area contributed by atoms with Crippen molar-refractivity contribution in [2.75, 3.05) is 6.61 Å². The third-order valence-corrected chi connectivity index (χ3v) is 4.03. The standard InChI is InChI=1S/C20H17ClO5/c1-3-24-20(23)12(2)25-19-17(22)15-6-4-5-7-16(15)26-18(19)13-8-10-14(21)11-9-13/h4-12H,3H2,1-2H3. The molecule has 0 aliphatic heterocycles. The first-order chi connectivity index (χ1) is 12.5. The van der Waals surface area contributed by atoms with Crippen LogP contribution in [-0.2, 0) is 9.53 Å². The van der Waals surface area contributed by atoms with Crippen LogP contribution in [0.4, 0.5) is 0 Å². The number of carbonyl (C=O) groups excluding carboxylic acids is 1. The molecule has 1 unspecified atom stereocenters. The smallest absolute Gasteiger partial charge is 0.347 e. The van der Waals surface area contributed by atoms with Crippen LogP contribution < -0.4 is 10.2 Å². The van der Waals surface area contributed by atoms with Crippen molar-refractivity contribution in [3.05, 3.63) is 63.8 Å². The van der Waals surface area contributed by atoms with Crippen molar-refractivity contribution >= 4 is 28.5 Å². The van der Waals surface area contributed by atoms with E-state index in [2.05, 4.69) is 0 Å². The fraction of sp³-hybridized carbons (Fsp3) is 0.200. The number of para-hydroxylation sites is 1. The predicted octanol–water partition coefficient (Wildman–Crippen LogP) is 4.44. The summed E-state index contributed by atoms with van der Waals surface area (Å²) in [5.74, 6) is -0.352. The number of rotatable bonds is 5. The minimum atomic E-state index is -0.954. The summed E-state index contributed by atoms with van der Waals surface area (Å²) in [6, 6.07) is 13.7. The van der Waals surface area contributed by atoms with Crippen LogP contribution in [-0.4, -0.2) is 18.7 Å². The molecule has 0 N–H and O–H groups in total. The average Bonchev–Trinajstić information content (AvgIpc) is 2.64. The number of hydrogen-bond donors (Lipinski definition) is 0. The molecule has 6 heteroatoms. The van der Waals surface area contributed by atoms with Crippen LogP contribution >= 0.6 is 11.6 Å². The van der Waals surface area contributed by atoms with Gasteiger partial charge in [0.25, 0.3) is 0 Å². The number of benzene rings is 2. The Balaban J connectivity index is 2.16. The van der Waals surface area contributed by atoms with Crippen LogP contribution in [0, 0.1) is 0 Å². The van der Waals surface area contributed by atoms with Crippen LogP contribution in [0.3, 0.4) is 0 Å². The lowest BCUT2D eigenvalue weighted by molar-refractivity contribution is -0.150. The summed E-state index contributed by atoms with van der Waals surface area (Å²) in [4.78, 5) is 24.9. The molecular formula is C20H17ClO5. The third-order valence-electron chi connectivity index (χ3n) is 3.78. The normalized spacial score (nSPS) is 12.0. The molecule has 0 saturated carbocycles. The van der Waals surface area contributed by atoms with Crippen LogP contribution in [0.2, 0.25) is 5.02 Å². The summed E-state index contributed by atoms with van der Waals surface area (Å²) in [5, 5.41) is 0.926. The summed E-state index contributed by atoms with van der Waals surface area (Å²) >= 11 is 5.94. The average molecular weight is 373 g/mol. The Hall–Kier alpha value is -2.79. The van der Waals surface area contributed by atoms with Crippen molar-refractivity contribution in [1.82, 2.24) is 0 Å². The highest BCUT2D eigenvalue weighted by molar-refractivity contribution is 6.30. The Labute approximate surface area is 155 Å². The minimum absolute atomic E-state index is 0.0356. The molecule has 1 aromatic heterocycles. The van der Waals surface area contributed by atoms with E-state index < -0.39 is 12.1 Å². The molecule has 0 bridgehead atoms. The minimum Gasteiger partial charge on any atom is -0.471 e. The molecule has 1 atom stereocenters. The zero-order chi connectivity index (χ0) is 18.7. The van der Waals surface area contributed by atoms with E-state index in [1.54, 1.807) is 55.5 Å². The van der Waals surface area contributed by atoms with Gasteiger partial charge >= 0.3 is 5.97 Å². The van der Waals surface area contributed by atoms with Gasteiger partial charge in [-0.2, -0.15) is 0 Å². The zero-order valence-corrected chi connectivity index (χ0v) is 15.1. The fourth-order valence-corrected chi connectivity index (χ4v) is 2.63. The van der Waals surface area contributed by atoms with Crippen molar-refractivity contribution in [2.24, 2.45) is 0 Å². The lowest BCUT2D eigenvalue weighted by atomic mass is 10.1. The maximum Gasteiger partial charge on any atom is 0.347 e. The van der Waals surface area contributed by atoms with Gasteiger partial charge in [-0.1, -0.05) is 23.7 Å². The van der Waals surface area contributed by atoms with E-state index in [9.17, 15) is 9.59 Å². The highest BCUT2D eigenvalue weighted by Gasteiger charge is 2.23. The molecule has 0 aliphatic rings. The van der Waals surface area contributed by atoms with Gasteiger partial charge in [0.05, 0.1) is 12.0 Å². The Bertz CT molecular complexity index is 991. The van der Waals surface area contributed by atoms with E-state index in [0.29, 0.717) is 21.6 Å².